The number of nitrogens with two attached hydrogens (primary N) is 1. The number of ether oxygens (including phenoxy) is 1. The predicted octanol–water partition coefficient (Wildman–Crippen LogP) is -1.53. The number of anilines is 1. The summed E-state index contributed by atoms with van der Waals surface area (Å²) in [7, 11) is -16.5. The average Bonchev–Trinajstić information content (AvgIpc) is 3.19. The molecule has 0 amide bonds. The Morgan fingerprint density at radius 3 is 2.48 bits per heavy atom. The molecule has 7 N–H and O–H groups in total. The van der Waals surface area contributed by atoms with E-state index in [1.54, 1.807) is 6.26 Å². The molecule has 3 heterocycles. The lowest BCUT2D eigenvalue weighted by molar-refractivity contribution is -0.0479. The molecule has 0 aromatic carbocycles. The minimum atomic E-state index is -5.41. The SMILES string of the molecule is [BH3-]P(=O)(OC[C@H]1O[C@@H](n2cnc3c(N)nc(SC)nc32)[C@H](O)[C@H]1O)OP(=O)(O)OP(=O)(O)O. The van der Waals surface area contributed by atoms with Gasteiger partial charge in [-0.1, -0.05) is 11.8 Å². The van der Waals surface area contributed by atoms with Gasteiger partial charge in [-0.15, -0.1) is 0 Å². The van der Waals surface area contributed by atoms with Crippen LogP contribution in [0.25, 0.3) is 11.2 Å². The predicted molar refractivity (Wildman–Crippen MR) is 115 cm³/mol. The summed E-state index contributed by atoms with van der Waals surface area (Å²) in [6, 6.07) is 0. The van der Waals surface area contributed by atoms with Crippen molar-refractivity contribution in [1.29, 1.82) is 0 Å². The molecule has 1 aliphatic rings. The highest BCUT2D eigenvalue weighted by atomic mass is 32.2. The van der Waals surface area contributed by atoms with Gasteiger partial charge in [0.05, 0.1) is 20.5 Å². The molecule has 0 saturated carbocycles. The van der Waals surface area contributed by atoms with Crippen molar-refractivity contribution >= 4 is 59.4 Å². The number of aromatic nitrogens is 4. The topological polar surface area (TPSA) is 259 Å². The number of hydrogen-bond acceptors (Lipinski definition) is 14. The van der Waals surface area contributed by atoms with Crippen LogP contribution < -0.4 is 5.73 Å². The standard InChI is InChI=1S/C11H20BN5O12P3S/c1-33-11-15-8(13)5-9(16-11)17(3-14-5)10-7(19)6(18)4(27-10)2-26-30(12,20)28-32(24,25)29-31(21,22)23/h3-4,6-7,10,18-19H,2H2,1,12H3,(H,24,25)(H2,13,15,16)(H2,21,22,23)/q-1/t4-,6+,7-,10-,30?/m1/s1. The zero-order valence-corrected chi connectivity index (χ0v) is 19.3. The molecule has 186 valence electrons. The Balaban J connectivity index is 1.73. The Hall–Kier alpha value is -0.905. The number of nitrogen functional groups attached to an aromatic ring is 1. The maximum Gasteiger partial charge on any atom is 0.485 e. The lowest BCUT2D eigenvalue weighted by atomic mass is 10.1. The van der Waals surface area contributed by atoms with Gasteiger partial charge < -0.3 is 44.5 Å². The maximum absolute atomic E-state index is 12.4. The van der Waals surface area contributed by atoms with Crippen LogP contribution in [-0.2, 0) is 31.6 Å². The van der Waals surface area contributed by atoms with Crippen molar-refractivity contribution in [2.45, 2.75) is 29.7 Å². The maximum atomic E-state index is 12.4. The molecular formula is C11H20BN5O12P3S-. The van der Waals surface area contributed by atoms with Gasteiger partial charge in [0.25, 0.3) is 0 Å². The zero-order chi connectivity index (χ0) is 24.8. The van der Waals surface area contributed by atoms with Crippen LogP contribution >= 0.6 is 34.9 Å². The Labute approximate surface area is 190 Å². The van der Waals surface area contributed by atoms with Crippen LogP contribution in [-0.4, -0.2) is 83.2 Å². The van der Waals surface area contributed by atoms with Crippen molar-refractivity contribution in [3.63, 3.8) is 0 Å². The molecule has 33 heavy (non-hydrogen) atoms. The van der Waals surface area contributed by atoms with Crippen LogP contribution in [0.2, 0.25) is 0 Å². The fraction of sp³-hybridized carbons (Fsp3) is 0.545. The van der Waals surface area contributed by atoms with Crippen LogP contribution in [0.4, 0.5) is 5.82 Å². The number of rotatable bonds is 9. The third kappa shape index (κ3) is 6.41. The molecule has 0 bridgehead atoms. The molecule has 1 aliphatic heterocycles. The summed E-state index contributed by atoms with van der Waals surface area (Å²) in [5, 5.41) is 21.1. The van der Waals surface area contributed by atoms with Crippen LogP contribution in [0.15, 0.2) is 11.5 Å². The normalized spacial score (nSPS) is 27.5. The molecule has 2 aromatic heterocycles. The van der Waals surface area contributed by atoms with Crippen LogP contribution in [0, 0.1) is 0 Å². The van der Waals surface area contributed by atoms with E-state index in [0.29, 0.717) is 5.16 Å². The van der Waals surface area contributed by atoms with Gasteiger partial charge >= 0.3 is 15.6 Å². The second kappa shape index (κ2) is 9.62. The fourth-order valence-corrected chi connectivity index (χ4v) is 5.64. The monoisotopic (exact) mass is 550 g/mol. The summed E-state index contributed by atoms with van der Waals surface area (Å²) in [6.45, 7) is -0.648. The third-order valence-electron chi connectivity index (χ3n) is 3.95. The number of aliphatic hydroxyl groups is 2. The van der Waals surface area contributed by atoms with Gasteiger partial charge in [-0.05, 0) is 6.26 Å². The molecule has 1 fully saturated rings. The molecule has 1 saturated heterocycles. The van der Waals surface area contributed by atoms with Crippen LogP contribution in [0.3, 0.4) is 0 Å². The van der Waals surface area contributed by atoms with E-state index < -0.39 is 61.8 Å². The molecule has 22 heteroatoms. The van der Waals surface area contributed by atoms with E-state index in [4.69, 9.17) is 24.8 Å². The quantitative estimate of drug-likeness (QED) is 0.0895. The summed E-state index contributed by atoms with van der Waals surface area (Å²) in [5.74, 6) is 0.0972. The second-order valence-electron chi connectivity index (χ2n) is 6.11. The number of aliphatic hydroxyl groups excluding tert-OH is 2. The molecule has 17 nitrogen and oxygen atoms in total. The summed E-state index contributed by atoms with van der Waals surface area (Å²) < 4.78 is 54.6. The van der Waals surface area contributed by atoms with Crippen molar-refractivity contribution in [3.8, 4) is 0 Å². The van der Waals surface area contributed by atoms with Crippen molar-refractivity contribution in [2.24, 2.45) is 0 Å². The minimum absolute atomic E-state index is 0.0972. The van der Waals surface area contributed by atoms with Crippen molar-refractivity contribution in [1.82, 2.24) is 19.5 Å². The van der Waals surface area contributed by atoms with Crippen molar-refractivity contribution in [2.75, 3.05) is 18.6 Å². The molecule has 0 radical (unpaired) electrons. The van der Waals surface area contributed by atoms with Gasteiger partial charge in [0.1, 0.15) is 23.8 Å². The van der Waals surface area contributed by atoms with Gasteiger partial charge in [-0.3, -0.25) is 4.57 Å². The van der Waals surface area contributed by atoms with Crippen molar-refractivity contribution < 1.29 is 56.5 Å². The number of thioether (sulfide) groups is 1. The highest BCUT2D eigenvalue weighted by Gasteiger charge is 2.45. The van der Waals surface area contributed by atoms with E-state index in [-0.39, 0.29) is 17.0 Å². The second-order valence-corrected chi connectivity index (χ2v) is 10.8. The highest BCUT2D eigenvalue weighted by molar-refractivity contribution is 7.98. The van der Waals surface area contributed by atoms with E-state index in [2.05, 4.69) is 23.6 Å². The van der Waals surface area contributed by atoms with Gasteiger partial charge in [-0.2, -0.15) is 4.31 Å². The number of nitrogens with zero attached hydrogens (tertiary/aromatic N) is 4. The summed E-state index contributed by atoms with van der Waals surface area (Å²) >= 11 is 1.22. The largest absolute Gasteiger partial charge is 0.485 e. The van der Waals surface area contributed by atoms with E-state index in [1.807, 2.05) is 0 Å². The molecule has 2 unspecified atom stereocenters. The fourth-order valence-electron chi connectivity index (χ4n) is 2.68. The number of hydrogen-bond donors (Lipinski definition) is 6. The Bertz CT molecular complexity index is 1180. The molecular weight excluding hydrogens is 530 g/mol. The minimum Gasteiger partial charge on any atom is -0.387 e. The number of imidazole rings is 1. The van der Waals surface area contributed by atoms with E-state index in [0.717, 1.165) is 0 Å². The summed E-state index contributed by atoms with van der Waals surface area (Å²) in [4.78, 5) is 39.0. The van der Waals surface area contributed by atoms with Gasteiger partial charge in [0.15, 0.2) is 30.3 Å². The van der Waals surface area contributed by atoms with Gasteiger partial charge in [0.2, 0.25) is 0 Å². The Morgan fingerprint density at radius 1 is 1.21 bits per heavy atom. The zero-order valence-electron chi connectivity index (χ0n) is 15.8. The molecule has 0 aliphatic carbocycles. The first-order chi connectivity index (χ1) is 15.1. The van der Waals surface area contributed by atoms with E-state index >= 15 is 0 Å². The average molecular weight is 550 g/mol. The number of phosphoric acid groups is 2. The van der Waals surface area contributed by atoms with Gasteiger partial charge in [-0.25, -0.2) is 28.4 Å². The third-order valence-corrected chi connectivity index (χ3v) is 7.89. The summed E-state index contributed by atoms with van der Waals surface area (Å²) in [6.07, 6.45) is -2.51. The highest BCUT2D eigenvalue weighted by Crippen LogP contribution is 2.66. The Morgan fingerprint density at radius 2 is 1.88 bits per heavy atom. The number of fused-ring (bicyclic) bond motifs is 1. The molecule has 2 aromatic rings. The van der Waals surface area contributed by atoms with Gasteiger partial charge in [0, 0.05) is 0 Å². The van der Waals surface area contributed by atoms with Crippen LogP contribution in [0.5, 0.6) is 0 Å². The van der Waals surface area contributed by atoms with Crippen molar-refractivity contribution in [3.05, 3.63) is 6.33 Å². The Kier molecular flexibility index (Phi) is 7.79. The molecule has 3 rings (SSSR count). The van der Waals surface area contributed by atoms with E-state index in [9.17, 15) is 28.8 Å². The first kappa shape index (κ1) is 26.7. The van der Waals surface area contributed by atoms with Crippen LogP contribution in [0.1, 0.15) is 6.23 Å². The lowest BCUT2D eigenvalue weighted by Crippen LogP contribution is -2.33. The lowest BCUT2D eigenvalue weighted by Gasteiger charge is -2.24. The first-order valence-electron chi connectivity index (χ1n) is 8.26. The molecule has 6 atom stereocenters. The molecule has 0 spiro atoms. The smallest absolute Gasteiger partial charge is 0.387 e. The van der Waals surface area contributed by atoms with E-state index in [1.165, 1.54) is 22.7 Å². The first-order valence-corrected chi connectivity index (χ1v) is 13.6. The summed E-state index contributed by atoms with van der Waals surface area (Å²) in [5.41, 5.74) is 6.33.